The number of nitrogens with two attached hydrogens (primary N) is 1. The number of halogens is 2. The van der Waals surface area contributed by atoms with Crippen LogP contribution in [0.5, 0.6) is 0 Å². The second kappa shape index (κ2) is 1.91. The van der Waals surface area contributed by atoms with E-state index < -0.39 is 17.4 Å². The zero-order valence-corrected chi connectivity index (χ0v) is 6.32. The van der Waals surface area contributed by atoms with Crippen LogP contribution in [0.4, 0.5) is 8.78 Å². The lowest BCUT2D eigenvalue weighted by molar-refractivity contribution is -0.0456. The van der Waals surface area contributed by atoms with Gasteiger partial charge < -0.3 is 5.73 Å². The van der Waals surface area contributed by atoms with E-state index in [-0.39, 0.29) is 0 Å². The van der Waals surface area contributed by atoms with Crippen molar-refractivity contribution in [3.8, 4) is 0 Å². The molecule has 0 amide bonds. The largest absolute Gasteiger partial charge is 0.325 e. The van der Waals surface area contributed by atoms with Crippen molar-refractivity contribution in [2.45, 2.75) is 38.2 Å². The van der Waals surface area contributed by atoms with E-state index in [1.54, 1.807) is 0 Å². The average Bonchev–Trinajstić information content (AvgIpc) is 2.45. The van der Waals surface area contributed by atoms with Crippen molar-refractivity contribution >= 4 is 0 Å². The van der Waals surface area contributed by atoms with Crippen molar-refractivity contribution in [1.29, 1.82) is 0 Å². The summed E-state index contributed by atoms with van der Waals surface area (Å²) in [6.45, 7) is 2.46. The first-order valence-corrected chi connectivity index (χ1v) is 3.53. The van der Waals surface area contributed by atoms with Gasteiger partial charge in [0, 0.05) is 11.5 Å². The van der Waals surface area contributed by atoms with Crippen LogP contribution in [-0.2, 0) is 0 Å². The Morgan fingerprint density at radius 1 is 1.50 bits per heavy atom. The molecule has 0 aromatic heterocycles. The summed E-state index contributed by atoms with van der Waals surface area (Å²) in [6.07, 6.45) is 1.50. The molecule has 0 aromatic rings. The minimum Gasteiger partial charge on any atom is -0.325 e. The quantitative estimate of drug-likeness (QED) is 0.636. The van der Waals surface area contributed by atoms with Gasteiger partial charge in [-0.1, -0.05) is 6.92 Å². The normalized spacial score (nSPS) is 26.1. The molecule has 0 aliphatic heterocycles. The molecule has 60 valence electrons. The predicted octanol–water partition coefficient (Wildman–Crippen LogP) is 1.77. The van der Waals surface area contributed by atoms with Gasteiger partial charge in [0.25, 0.3) is 0 Å². The highest BCUT2D eigenvalue weighted by Crippen LogP contribution is 2.45. The van der Waals surface area contributed by atoms with Crippen LogP contribution in [0, 0.1) is 5.92 Å². The van der Waals surface area contributed by atoms with Crippen molar-refractivity contribution in [2.24, 2.45) is 11.7 Å². The lowest BCUT2D eigenvalue weighted by Gasteiger charge is -2.24. The molecule has 1 nitrogen and oxygen atoms in total. The molecule has 1 atom stereocenters. The standard InChI is InChI=1S/C7H13F2N/c1-5(6(2,8)9)7(10)3-4-7/h5H,3-4,10H2,1-2H3. The third kappa shape index (κ3) is 1.29. The van der Waals surface area contributed by atoms with Crippen LogP contribution in [0.2, 0.25) is 0 Å². The van der Waals surface area contributed by atoms with E-state index in [2.05, 4.69) is 0 Å². The van der Waals surface area contributed by atoms with E-state index in [9.17, 15) is 8.78 Å². The molecular weight excluding hydrogens is 136 g/mol. The van der Waals surface area contributed by atoms with Gasteiger partial charge in [0.2, 0.25) is 5.92 Å². The second-order valence-corrected chi connectivity index (χ2v) is 3.41. The first-order chi connectivity index (χ1) is 4.36. The molecule has 3 heteroatoms. The SMILES string of the molecule is CC(C(C)(F)F)C1(N)CC1. The van der Waals surface area contributed by atoms with Crippen LogP contribution in [0.1, 0.15) is 26.7 Å². The molecule has 0 saturated heterocycles. The molecule has 1 unspecified atom stereocenters. The summed E-state index contributed by atoms with van der Waals surface area (Å²) < 4.78 is 25.1. The van der Waals surface area contributed by atoms with Gasteiger partial charge in [-0.05, 0) is 19.8 Å². The fourth-order valence-electron chi connectivity index (χ4n) is 1.08. The molecule has 0 bridgehead atoms. The first kappa shape index (κ1) is 7.92. The van der Waals surface area contributed by atoms with Gasteiger partial charge in [-0.3, -0.25) is 0 Å². The van der Waals surface area contributed by atoms with Gasteiger partial charge in [-0.25, -0.2) is 8.78 Å². The minimum atomic E-state index is -2.62. The van der Waals surface area contributed by atoms with Crippen LogP contribution in [-0.4, -0.2) is 11.5 Å². The molecule has 0 radical (unpaired) electrons. The van der Waals surface area contributed by atoms with Crippen LogP contribution < -0.4 is 5.73 Å². The molecule has 1 saturated carbocycles. The van der Waals surface area contributed by atoms with Crippen molar-refractivity contribution in [3.05, 3.63) is 0 Å². The van der Waals surface area contributed by atoms with E-state index in [0.717, 1.165) is 19.8 Å². The number of hydrogen-bond acceptors (Lipinski definition) is 1. The van der Waals surface area contributed by atoms with Crippen molar-refractivity contribution in [1.82, 2.24) is 0 Å². The van der Waals surface area contributed by atoms with E-state index in [4.69, 9.17) is 5.73 Å². The van der Waals surface area contributed by atoms with E-state index in [1.807, 2.05) is 0 Å². The Morgan fingerprint density at radius 2 is 1.90 bits per heavy atom. The molecule has 1 aliphatic rings. The monoisotopic (exact) mass is 149 g/mol. The third-order valence-electron chi connectivity index (χ3n) is 2.45. The molecule has 0 spiro atoms. The maximum atomic E-state index is 12.6. The van der Waals surface area contributed by atoms with Crippen LogP contribution >= 0.6 is 0 Å². The van der Waals surface area contributed by atoms with E-state index in [1.165, 1.54) is 6.92 Å². The van der Waals surface area contributed by atoms with Gasteiger partial charge in [-0.15, -0.1) is 0 Å². The molecule has 1 rings (SSSR count). The van der Waals surface area contributed by atoms with Gasteiger partial charge in [-0.2, -0.15) is 0 Å². The molecule has 1 aliphatic carbocycles. The fraction of sp³-hybridized carbons (Fsp3) is 1.00. The van der Waals surface area contributed by atoms with E-state index in [0.29, 0.717) is 0 Å². The molecule has 1 fully saturated rings. The number of hydrogen-bond donors (Lipinski definition) is 1. The van der Waals surface area contributed by atoms with E-state index >= 15 is 0 Å². The summed E-state index contributed by atoms with van der Waals surface area (Å²) in [4.78, 5) is 0. The fourth-order valence-corrected chi connectivity index (χ4v) is 1.08. The van der Waals surface area contributed by atoms with Crippen LogP contribution in [0.25, 0.3) is 0 Å². The summed E-state index contributed by atoms with van der Waals surface area (Å²) >= 11 is 0. The Bertz CT molecular complexity index is 130. The van der Waals surface area contributed by atoms with Gasteiger partial charge >= 0.3 is 0 Å². The van der Waals surface area contributed by atoms with Crippen LogP contribution in [0.15, 0.2) is 0 Å². The lowest BCUT2D eigenvalue weighted by atomic mass is 9.94. The minimum absolute atomic E-state index is 0.557. The summed E-state index contributed by atoms with van der Waals surface area (Å²) in [5, 5.41) is 0. The molecule has 0 aromatic carbocycles. The molecule has 2 N–H and O–H groups in total. The average molecular weight is 149 g/mol. The number of rotatable bonds is 2. The van der Waals surface area contributed by atoms with Crippen molar-refractivity contribution < 1.29 is 8.78 Å². The summed E-state index contributed by atoms with van der Waals surface area (Å²) in [7, 11) is 0. The predicted molar refractivity (Wildman–Crippen MR) is 35.9 cm³/mol. The number of alkyl halides is 2. The van der Waals surface area contributed by atoms with Gasteiger partial charge in [0.05, 0.1) is 0 Å². The Balaban J connectivity index is 2.57. The Hall–Kier alpha value is -0.180. The Labute approximate surface area is 59.6 Å². The smallest absolute Gasteiger partial charge is 0.249 e. The Kier molecular flexibility index (Phi) is 1.51. The highest BCUT2D eigenvalue weighted by Gasteiger charge is 2.51. The van der Waals surface area contributed by atoms with Gasteiger partial charge in [0.15, 0.2) is 0 Å². The first-order valence-electron chi connectivity index (χ1n) is 3.53. The third-order valence-corrected chi connectivity index (χ3v) is 2.45. The topological polar surface area (TPSA) is 26.0 Å². The zero-order valence-electron chi connectivity index (χ0n) is 6.32. The summed E-state index contributed by atoms with van der Waals surface area (Å²) in [5.41, 5.74) is 5.04. The zero-order chi connectivity index (χ0) is 7.99. The second-order valence-electron chi connectivity index (χ2n) is 3.41. The summed E-state index contributed by atoms with van der Waals surface area (Å²) in [6, 6.07) is 0. The molecule has 0 heterocycles. The maximum absolute atomic E-state index is 12.6. The lowest BCUT2D eigenvalue weighted by Crippen LogP contribution is -2.40. The molecule has 10 heavy (non-hydrogen) atoms. The summed E-state index contributed by atoms with van der Waals surface area (Å²) in [5.74, 6) is -3.30. The van der Waals surface area contributed by atoms with Crippen molar-refractivity contribution in [3.63, 3.8) is 0 Å². The highest BCUT2D eigenvalue weighted by molar-refractivity contribution is 5.05. The maximum Gasteiger partial charge on any atom is 0.249 e. The highest BCUT2D eigenvalue weighted by atomic mass is 19.3. The van der Waals surface area contributed by atoms with Gasteiger partial charge in [0.1, 0.15) is 0 Å². The van der Waals surface area contributed by atoms with Crippen LogP contribution in [0.3, 0.4) is 0 Å². The Morgan fingerprint density at radius 3 is 2.00 bits per heavy atom. The molecular formula is C7H13F2N. The van der Waals surface area contributed by atoms with Crippen molar-refractivity contribution in [2.75, 3.05) is 0 Å².